The highest BCUT2D eigenvalue weighted by atomic mass is 28.3. The van der Waals surface area contributed by atoms with Gasteiger partial charge in [0, 0.05) is 7.11 Å². The van der Waals surface area contributed by atoms with Gasteiger partial charge in [0.05, 0.1) is 12.5 Å². The monoisotopic (exact) mass is 366 g/mol. The van der Waals surface area contributed by atoms with Crippen molar-refractivity contribution in [3.63, 3.8) is 0 Å². The number of hydrogen-bond donors (Lipinski definition) is 0. The quantitative estimate of drug-likeness (QED) is 0.338. The number of rotatable bonds is 7. The van der Waals surface area contributed by atoms with Crippen molar-refractivity contribution in [1.82, 2.24) is 0 Å². The summed E-state index contributed by atoms with van der Waals surface area (Å²) in [5.74, 6) is 3.00. The second kappa shape index (κ2) is 10.2. The Balaban J connectivity index is 5.13. The van der Waals surface area contributed by atoms with Crippen LogP contribution in [0.2, 0.25) is 16.6 Å². The lowest BCUT2D eigenvalue weighted by atomic mass is 10.2. The maximum atomic E-state index is 11.9. The Morgan fingerprint density at radius 3 is 1.88 bits per heavy atom. The molecule has 0 amide bonds. The largest absolute Gasteiger partial charge is 0.460 e. The number of esters is 1. The van der Waals surface area contributed by atoms with E-state index < -0.39 is 13.7 Å². The lowest BCUT2D eigenvalue weighted by Gasteiger charge is -2.38. The molecule has 0 aliphatic carbocycles. The summed E-state index contributed by atoms with van der Waals surface area (Å²) in [6.07, 6.45) is 3.59. The molecule has 0 aliphatic rings. The fraction of sp³-hybridized carbons (Fsp3) is 0.762. The first-order chi connectivity index (χ1) is 11.4. The molecule has 0 saturated heterocycles. The van der Waals surface area contributed by atoms with Gasteiger partial charge < -0.3 is 9.47 Å². The number of carbonyl (C=O) groups excluding carboxylic acids is 1. The van der Waals surface area contributed by atoms with E-state index >= 15 is 0 Å². The molecule has 0 aromatic carbocycles. The first kappa shape index (κ1) is 23.9. The van der Waals surface area contributed by atoms with Crippen molar-refractivity contribution in [3.05, 3.63) is 12.2 Å². The summed E-state index contributed by atoms with van der Waals surface area (Å²) in [7, 11) is -0.119. The Kier molecular flexibility index (Phi) is 9.75. The molecule has 0 heterocycles. The predicted molar refractivity (Wildman–Crippen MR) is 109 cm³/mol. The molecule has 0 rings (SSSR count). The number of ether oxygens (including phenoxy) is 2. The van der Waals surface area contributed by atoms with Crippen LogP contribution in [0.15, 0.2) is 12.2 Å². The van der Waals surface area contributed by atoms with E-state index in [-0.39, 0.29) is 18.5 Å². The molecule has 144 valence electrons. The van der Waals surface area contributed by atoms with Gasteiger partial charge in [0.1, 0.15) is 13.7 Å². The molecule has 4 heteroatoms. The molecule has 0 spiro atoms. The van der Waals surface area contributed by atoms with Gasteiger partial charge in [-0.05, 0) is 49.5 Å². The van der Waals surface area contributed by atoms with E-state index in [0.717, 1.165) is 0 Å². The molecule has 0 aliphatic heterocycles. The summed E-state index contributed by atoms with van der Waals surface area (Å²) in [4.78, 5) is 11.9. The minimum atomic E-state index is -1.72. The fourth-order valence-electron chi connectivity index (χ4n) is 3.53. The topological polar surface area (TPSA) is 35.5 Å². The van der Waals surface area contributed by atoms with Crippen molar-refractivity contribution < 1.29 is 14.3 Å². The van der Waals surface area contributed by atoms with Crippen molar-refractivity contribution in [2.75, 3.05) is 7.11 Å². The fourth-order valence-corrected chi connectivity index (χ4v) is 8.73. The lowest BCUT2D eigenvalue weighted by Crippen LogP contribution is -2.43. The normalized spacial score (nSPS) is 14.1. The molecule has 0 radical (unpaired) electrons. The summed E-state index contributed by atoms with van der Waals surface area (Å²) in [6, 6.07) is 0. The van der Waals surface area contributed by atoms with Crippen LogP contribution in [0.5, 0.6) is 0 Å². The summed E-state index contributed by atoms with van der Waals surface area (Å²) in [5.41, 5.74) is 4.97. The van der Waals surface area contributed by atoms with Crippen LogP contribution in [-0.4, -0.2) is 32.9 Å². The molecule has 0 bridgehead atoms. The van der Waals surface area contributed by atoms with E-state index in [2.05, 4.69) is 53.0 Å². The van der Waals surface area contributed by atoms with E-state index in [1.165, 1.54) is 0 Å². The van der Waals surface area contributed by atoms with Gasteiger partial charge in [0.25, 0.3) is 0 Å². The zero-order valence-electron chi connectivity index (χ0n) is 17.9. The molecule has 1 atom stereocenters. The number of hydrogen-bond acceptors (Lipinski definition) is 3. The summed E-state index contributed by atoms with van der Waals surface area (Å²) < 4.78 is 10.7. The van der Waals surface area contributed by atoms with Crippen LogP contribution in [0.25, 0.3) is 0 Å². The van der Waals surface area contributed by atoms with Crippen molar-refractivity contribution in [3.8, 4) is 11.5 Å². The third-order valence-electron chi connectivity index (χ3n) is 4.64. The molecular weight excluding hydrogens is 328 g/mol. The van der Waals surface area contributed by atoms with Crippen LogP contribution >= 0.6 is 0 Å². The number of methoxy groups -OCH3 is 1. The van der Waals surface area contributed by atoms with Crippen LogP contribution in [0.3, 0.4) is 0 Å². The molecule has 3 nitrogen and oxygen atoms in total. The number of allylic oxidation sites excluding steroid dienone is 1. The third-order valence-corrected chi connectivity index (χ3v) is 10.9. The average Bonchev–Trinajstić information content (AvgIpc) is 2.42. The molecule has 0 N–H and O–H groups in total. The van der Waals surface area contributed by atoms with E-state index in [1.807, 2.05) is 32.9 Å². The highest BCUT2D eigenvalue weighted by Crippen LogP contribution is 2.40. The summed E-state index contributed by atoms with van der Waals surface area (Å²) >= 11 is 0. The van der Waals surface area contributed by atoms with Crippen molar-refractivity contribution >= 4 is 14.0 Å². The molecule has 0 aromatic heterocycles. The van der Waals surface area contributed by atoms with Crippen molar-refractivity contribution in [2.24, 2.45) is 0 Å². The Morgan fingerprint density at radius 2 is 1.52 bits per heavy atom. The van der Waals surface area contributed by atoms with E-state index in [9.17, 15) is 4.79 Å². The first-order valence-corrected chi connectivity index (χ1v) is 11.5. The van der Waals surface area contributed by atoms with Crippen LogP contribution < -0.4 is 0 Å². The Labute approximate surface area is 156 Å². The Morgan fingerprint density at radius 1 is 1.04 bits per heavy atom. The Hall–Kier alpha value is -1.05. The minimum absolute atomic E-state index is 0.201. The molecule has 0 aromatic rings. The van der Waals surface area contributed by atoms with Gasteiger partial charge in [0.2, 0.25) is 0 Å². The zero-order valence-corrected chi connectivity index (χ0v) is 18.9. The third kappa shape index (κ3) is 7.79. The van der Waals surface area contributed by atoms with Crippen LogP contribution in [0.1, 0.15) is 68.7 Å². The van der Waals surface area contributed by atoms with Crippen LogP contribution in [0.4, 0.5) is 0 Å². The summed E-state index contributed by atoms with van der Waals surface area (Å²) in [5, 5.41) is 0. The van der Waals surface area contributed by atoms with Crippen molar-refractivity contribution in [1.29, 1.82) is 0 Å². The smallest absolute Gasteiger partial charge is 0.309 e. The minimum Gasteiger partial charge on any atom is -0.460 e. The summed E-state index contributed by atoms with van der Waals surface area (Å²) in [6.45, 7) is 19.4. The lowest BCUT2D eigenvalue weighted by molar-refractivity contribution is -0.156. The van der Waals surface area contributed by atoms with Gasteiger partial charge >= 0.3 is 5.97 Å². The van der Waals surface area contributed by atoms with E-state index in [1.54, 1.807) is 7.11 Å². The number of carbonyl (C=O) groups is 1. The highest BCUT2D eigenvalue weighted by Gasteiger charge is 2.41. The SMILES string of the molecule is CO[C@@H](/C=C/C#C[Si](C(C)C)(C(C)C)C(C)C)CC(=O)OC(C)(C)C. The van der Waals surface area contributed by atoms with Crippen LogP contribution in [0, 0.1) is 11.5 Å². The van der Waals surface area contributed by atoms with Gasteiger partial charge in [-0.3, -0.25) is 4.79 Å². The van der Waals surface area contributed by atoms with Gasteiger partial charge in [-0.15, -0.1) is 5.54 Å². The van der Waals surface area contributed by atoms with E-state index in [0.29, 0.717) is 16.6 Å². The standard InChI is InChI=1S/C21H38O3Si/c1-16(2)25(17(3)4,18(5)6)14-12-11-13-19(23-10)15-20(22)24-21(7,8)9/h11,13,16-19H,15H2,1-10H3/b13-11+/t19-/m0/s1. The average molecular weight is 367 g/mol. The second-order valence-corrected chi connectivity index (χ2v) is 14.2. The van der Waals surface area contributed by atoms with Gasteiger partial charge in [-0.2, -0.15) is 0 Å². The van der Waals surface area contributed by atoms with Gasteiger partial charge in [0.15, 0.2) is 0 Å². The van der Waals surface area contributed by atoms with Gasteiger partial charge in [-0.25, -0.2) is 0 Å². The van der Waals surface area contributed by atoms with Crippen molar-refractivity contribution in [2.45, 2.75) is 97.1 Å². The molecular formula is C21H38O3Si. The highest BCUT2D eigenvalue weighted by molar-refractivity contribution is 6.90. The van der Waals surface area contributed by atoms with E-state index in [4.69, 9.17) is 9.47 Å². The molecule has 0 unspecified atom stereocenters. The first-order valence-electron chi connectivity index (χ1n) is 9.30. The molecule has 25 heavy (non-hydrogen) atoms. The zero-order chi connectivity index (χ0) is 19.8. The predicted octanol–water partition coefficient (Wildman–Crippen LogP) is 5.51. The molecule has 0 saturated carbocycles. The maximum absolute atomic E-state index is 11.9. The second-order valence-electron chi connectivity index (χ2n) is 8.59. The molecule has 0 fully saturated rings. The van der Waals surface area contributed by atoms with Gasteiger partial charge in [-0.1, -0.05) is 47.5 Å². The maximum Gasteiger partial charge on any atom is 0.309 e. The Bertz CT molecular complexity index is 480. The van der Waals surface area contributed by atoms with Crippen LogP contribution in [-0.2, 0) is 14.3 Å².